The van der Waals surface area contributed by atoms with Gasteiger partial charge in [0, 0.05) is 43.7 Å². The minimum atomic E-state index is 0.153. The average Bonchev–Trinajstić information content (AvgIpc) is 3.66. The third-order valence-corrected chi connectivity index (χ3v) is 9.58. The second-order valence-corrected chi connectivity index (χ2v) is 12.4. The Hall–Kier alpha value is -2.45. The molecule has 1 amide bonds. The number of amides is 1. The van der Waals surface area contributed by atoms with Gasteiger partial charge < -0.3 is 14.7 Å². The number of hydrogen-bond acceptors (Lipinski definition) is 6. The third-order valence-electron chi connectivity index (χ3n) is 8.60. The molecule has 3 fully saturated rings. The van der Waals surface area contributed by atoms with E-state index in [1.165, 1.54) is 44.3 Å². The largest absolute Gasteiger partial charge is 0.347 e. The van der Waals surface area contributed by atoms with Crippen molar-refractivity contribution in [1.82, 2.24) is 24.4 Å². The molecule has 3 saturated heterocycles. The van der Waals surface area contributed by atoms with Gasteiger partial charge in [0.15, 0.2) is 0 Å². The molecule has 7 nitrogen and oxygen atoms in total. The van der Waals surface area contributed by atoms with E-state index in [4.69, 9.17) is 10.1 Å². The van der Waals surface area contributed by atoms with Crippen molar-refractivity contribution < 1.29 is 4.79 Å². The van der Waals surface area contributed by atoms with Crippen LogP contribution in [0.4, 0.5) is 5.13 Å². The van der Waals surface area contributed by atoms with Gasteiger partial charge >= 0.3 is 0 Å². The van der Waals surface area contributed by atoms with Crippen LogP contribution in [0.15, 0.2) is 30.5 Å². The number of likely N-dealkylation sites (tertiary alicyclic amines) is 2. The van der Waals surface area contributed by atoms with Crippen LogP contribution in [-0.4, -0.2) is 75.6 Å². The fraction of sp³-hybridized carbons (Fsp3) is 0.621. The highest BCUT2D eigenvalue weighted by atomic mass is 32.1. The predicted octanol–water partition coefficient (Wildman–Crippen LogP) is 5.27. The van der Waals surface area contributed by atoms with Crippen molar-refractivity contribution in [1.29, 1.82) is 0 Å². The summed E-state index contributed by atoms with van der Waals surface area (Å²) >= 11 is 1.65. The van der Waals surface area contributed by atoms with Crippen molar-refractivity contribution in [2.75, 3.05) is 44.2 Å². The first-order chi connectivity index (χ1) is 18.0. The summed E-state index contributed by atoms with van der Waals surface area (Å²) in [6.45, 7) is 10.7. The summed E-state index contributed by atoms with van der Waals surface area (Å²) in [5.41, 5.74) is 3.44. The zero-order valence-corrected chi connectivity index (χ0v) is 23.1. The predicted molar refractivity (Wildman–Crippen MR) is 150 cm³/mol. The zero-order chi connectivity index (χ0) is 25.4. The molecule has 0 radical (unpaired) electrons. The molecule has 0 aliphatic carbocycles. The Morgan fingerprint density at radius 2 is 1.70 bits per heavy atom. The fourth-order valence-corrected chi connectivity index (χ4v) is 7.23. The monoisotopic (exact) mass is 520 g/mol. The highest BCUT2D eigenvalue weighted by molar-refractivity contribution is 7.20. The Balaban J connectivity index is 1.07. The third kappa shape index (κ3) is 5.28. The van der Waals surface area contributed by atoms with E-state index in [0.717, 1.165) is 66.8 Å². The van der Waals surface area contributed by atoms with E-state index in [0.29, 0.717) is 17.9 Å². The number of carbonyl (C=O) groups excluding carboxylic acids is 1. The van der Waals surface area contributed by atoms with E-state index in [1.54, 1.807) is 11.3 Å². The maximum atomic E-state index is 13.6. The van der Waals surface area contributed by atoms with Crippen LogP contribution in [0.3, 0.4) is 0 Å². The second-order valence-electron chi connectivity index (χ2n) is 11.5. The van der Waals surface area contributed by atoms with Crippen molar-refractivity contribution in [3.8, 4) is 11.3 Å². The number of benzene rings is 1. The van der Waals surface area contributed by atoms with Crippen LogP contribution in [0, 0.1) is 5.92 Å². The Bertz CT molecular complexity index is 1170. The molecule has 37 heavy (non-hydrogen) atoms. The van der Waals surface area contributed by atoms with Gasteiger partial charge in [0.2, 0.25) is 16.0 Å². The number of carbonyl (C=O) groups is 1. The summed E-state index contributed by atoms with van der Waals surface area (Å²) < 4.78 is 1.92. The van der Waals surface area contributed by atoms with Gasteiger partial charge in [-0.3, -0.25) is 4.79 Å². The second kappa shape index (κ2) is 10.7. The Kier molecular flexibility index (Phi) is 7.21. The SMILES string of the molecule is CC(C)c1ccc(-c2cn3nc(N4CCC(C(=O)N5CCCCC5CN5CCCC5)CC4)sc3n2)cc1. The molecule has 198 valence electrons. The number of imidazole rings is 1. The maximum Gasteiger partial charge on any atom is 0.226 e. The standard InChI is InChI=1S/C29H40N6OS/c1-21(2)22-8-10-23(11-9-22)26-20-35-28(30-26)37-29(31-35)33-17-12-24(13-18-33)27(36)34-16-4-3-7-25(34)19-32-14-5-6-15-32/h8-11,20-21,24-25H,3-7,12-19H2,1-2H3. The van der Waals surface area contributed by atoms with Gasteiger partial charge in [0.25, 0.3) is 0 Å². The molecule has 2 aromatic heterocycles. The van der Waals surface area contributed by atoms with E-state index in [2.05, 4.69) is 52.8 Å². The molecule has 0 spiro atoms. The Labute approximate surface area is 224 Å². The zero-order valence-electron chi connectivity index (χ0n) is 22.3. The van der Waals surface area contributed by atoms with E-state index < -0.39 is 0 Å². The van der Waals surface area contributed by atoms with Gasteiger partial charge in [0.05, 0.1) is 11.9 Å². The van der Waals surface area contributed by atoms with Gasteiger partial charge in [0.1, 0.15) is 0 Å². The lowest BCUT2D eigenvalue weighted by molar-refractivity contribution is -0.140. The molecule has 0 N–H and O–H groups in total. The summed E-state index contributed by atoms with van der Waals surface area (Å²) in [6.07, 6.45) is 10.1. The molecule has 6 rings (SSSR count). The highest BCUT2D eigenvalue weighted by Gasteiger charge is 2.35. The van der Waals surface area contributed by atoms with Crippen molar-refractivity contribution in [3.63, 3.8) is 0 Å². The van der Waals surface area contributed by atoms with Crippen LogP contribution in [-0.2, 0) is 4.79 Å². The number of piperidine rings is 2. The molecular weight excluding hydrogens is 480 g/mol. The summed E-state index contributed by atoms with van der Waals surface area (Å²) in [5, 5.41) is 5.87. The van der Waals surface area contributed by atoms with Crippen LogP contribution < -0.4 is 4.90 Å². The van der Waals surface area contributed by atoms with Gasteiger partial charge in [-0.1, -0.05) is 49.4 Å². The van der Waals surface area contributed by atoms with Crippen LogP contribution in [0.25, 0.3) is 16.2 Å². The molecule has 1 unspecified atom stereocenters. The summed E-state index contributed by atoms with van der Waals surface area (Å²) in [7, 11) is 0. The van der Waals surface area contributed by atoms with Gasteiger partial charge in [-0.15, -0.1) is 5.10 Å². The number of fused-ring (bicyclic) bond motifs is 1. The topological polar surface area (TPSA) is 57.0 Å². The summed E-state index contributed by atoms with van der Waals surface area (Å²) in [4.78, 5) is 26.5. The number of rotatable bonds is 6. The van der Waals surface area contributed by atoms with Crippen molar-refractivity contribution in [2.45, 2.75) is 70.8 Å². The lowest BCUT2D eigenvalue weighted by Gasteiger charge is -2.41. The van der Waals surface area contributed by atoms with Crippen LogP contribution in [0.1, 0.15) is 70.3 Å². The van der Waals surface area contributed by atoms with Crippen molar-refractivity contribution in [2.24, 2.45) is 5.92 Å². The quantitative estimate of drug-likeness (QED) is 0.443. The normalized spacial score (nSPS) is 22.0. The highest BCUT2D eigenvalue weighted by Crippen LogP contribution is 2.32. The summed E-state index contributed by atoms with van der Waals surface area (Å²) in [6, 6.07) is 9.11. The minimum Gasteiger partial charge on any atom is -0.347 e. The van der Waals surface area contributed by atoms with Crippen LogP contribution in [0.5, 0.6) is 0 Å². The first kappa shape index (κ1) is 24.9. The molecule has 3 aliphatic heterocycles. The molecule has 8 heteroatoms. The van der Waals surface area contributed by atoms with Crippen molar-refractivity contribution in [3.05, 3.63) is 36.0 Å². The van der Waals surface area contributed by atoms with E-state index in [1.807, 2.05) is 10.7 Å². The molecule has 1 aromatic carbocycles. The number of anilines is 1. The molecule has 0 saturated carbocycles. The lowest BCUT2D eigenvalue weighted by atomic mass is 9.92. The molecular formula is C29H40N6OS. The molecule has 5 heterocycles. The molecule has 3 aliphatic rings. The minimum absolute atomic E-state index is 0.153. The maximum absolute atomic E-state index is 13.6. The number of nitrogens with zero attached hydrogens (tertiary/aromatic N) is 6. The molecule has 1 atom stereocenters. The summed E-state index contributed by atoms with van der Waals surface area (Å²) in [5.74, 6) is 1.09. The van der Waals surface area contributed by atoms with Crippen LogP contribution in [0.2, 0.25) is 0 Å². The van der Waals surface area contributed by atoms with E-state index in [-0.39, 0.29) is 5.92 Å². The first-order valence-electron chi connectivity index (χ1n) is 14.3. The number of aromatic nitrogens is 3. The Morgan fingerprint density at radius 3 is 2.41 bits per heavy atom. The first-order valence-corrected chi connectivity index (χ1v) is 15.1. The van der Waals surface area contributed by atoms with E-state index in [9.17, 15) is 4.79 Å². The van der Waals surface area contributed by atoms with Gasteiger partial charge in [-0.2, -0.15) is 0 Å². The van der Waals surface area contributed by atoms with Gasteiger partial charge in [-0.05, 0) is 69.5 Å². The fourth-order valence-electron chi connectivity index (χ4n) is 6.29. The average molecular weight is 521 g/mol. The van der Waals surface area contributed by atoms with Crippen LogP contribution >= 0.6 is 11.3 Å². The van der Waals surface area contributed by atoms with E-state index >= 15 is 0 Å². The molecule has 0 bridgehead atoms. The lowest BCUT2D eigenvalue weighted by Crippen LogP contribution is -2.52. The van der Waals surface area contributed by atoms with Gasteiger partial charge in [-0.25, -0.2) is 9.50 Å². The Morgan fingerprint density at radius 1 is 0.973 bits per heavy atom. The smallest absolute Gasteiger partial charge is 0.226 e. The molecule has 3 aromatic rings. The number of hydrogen-bond donors (Lipinski definition) is 0. The van der Waals surface area contributed by atoms with Crippen molar-refractivity contribution >= 4 is 27.3 Å².